The first-order valence-corrected chi connectivity index (χ1v) is 29.1. The maximum absolute atomic E-state index is 2.47. The van der Waals surface area contributed by atoms with E-state index >= 15 is 0 Å². The fourth-order valence-corrected chi connectivity index (χ4v) is 13.7. The largest absolute Gasteiger partial charge is 0.0622 e. The van der Waals surface area contributed by atoms with Crippen LogP contribution in [0.1, 0.15) is 0 Å². The van der Waals surface area contributed by atoms with Crippen LogP contribution in [0, 0.1) is 0 Å². The lowest BCUT2D eigenvalue weighted by Crippen LogP contribution is -1.93. The summed E-state index contributed by atoms with van der Waals surface area (Å²) in [5.41, 5.74) is 21.6. The van der Waals surface area contributed by atoms with E-state index in [1.54, 1.807) is 0 Å². The smallest absolute Gasteiger partial charge is 0.00262 e. The summed E-state index contributed by atoms with van der Waals surface area (Å²) in [5.74, 6) is 0. The second kappa shape index (κ2) is 20.6. The molecule has 0 spiro atoms. The van der Waals surface area contributed by atoms with Crippen molar-refractivity contribution in [2.75, 3.05) is 0 Å². The summed E-state index contributed by atoms with van der Waals surface area (Å²) in [7, 11) is 0. The first-order valence-electron chi connectivity index (χ1n) is 29.1. The molecule has 0 heterocycles. The second-order valence-electron chi connectivity index (χ2n) is 22.2. The lowest BCUT2D eigenvalue weighted by Gasteiger charge is -2.20. The van der Waals surface area contributed by atoms with Crippen LogP contribution in [0.3, 0.4) is 0 Å². The van der Waals surface area contributed by atoms with Crippen molar-refractivity contribution in [3.63, 3.8) is 0 Å². The van der Waals surface area contributed by atoms with E-state index in [2.05, 4.69) is 328 Å². The highest BCUT2D eigenvalue weighted by molar-refractivity contribution is 6.25. The SMILES string of the molecule is c1ccc(-c2c3ccccc3c(-c3ccccc3)c3cc(-c4cc(-c5ccc6c(-c7ccccc7)c7ccccc7c(-c7ccccc7)c6c5)cc(-c5ccc6c(-c7ccccc7)c7ccccc7c(-c7ccccc7)c6c5)c4)ccc23)cc1. The molecule has 0 unspecified atom stereocenters. The Morgan fingerprint density at radius 1 is 0.0952 bits per heavy atom. The van der Waals surface area contributed by atoms with Gasteiger partial charge in [-0.1, -0.05) is 291 Å². The van der Waals surface area contributed by atoms with Gasteiger partial charge < -0.3 is 0 Å². The van der Waals surface area contributed by atoms with Crippen LogP contribution in [-0.2, 0) is 0 Å². The third-order valence-corrected chi connectivity index (χ3v) is 17.4. The van der Waals surface area contributed by atoms with Gasteiger partial charge in [-0.2, -0.15) is 0 Å². The van der Waals surface area contributed by atoms with Gasteiger partial charge in [0.15, 0.2) is 0 Å². The summed E-state index contributed by atoms with van der Waals surface area (Å²) in [4.78, 5) is 0. The first kappa shape index (κ1) is 48.9. The summed E-state index contributed by atoms with van der Waals surface area (Å²) in [6.45, 7) is 0. The quantitative estimate of drug-likeness (QED) is 0.126. The highest BCUT2D eigenvalue weighted by atomic mass is 14.3. The fourth-order valence-electron chi connectivity index (χ4n) is 13.7. The van der Waals surface area contributed by atoms with Gasteiger partial charge in [0.25, 0.3) is 0 Å². The number of hydrogen-bond acceptors (Lipinski definition) is 0. The molecule has 0 aliphatic rings. The van der Waals surface area contributed by atoms with Crippen LogP contribution in [0.4, 0.5) is 0 Å². The molecular weight excluding hydrogens is 1010 g/mol. The van der Waals surface area contributed by atoms with Crippen LogP contribution in [0.5, 0.6) is 0 Å². The van der Waals surface area contributed by atoms with Crippen molar-refractivity contribution in [2.24, 2.45) is 0 Å². The van der Waals surface area contributed by atoms with Crippen molar-refractivity contribution in [1.82, 2.24) is 0 Å². The molecule has 0 amide bonds. The van der Waals surface area contributed by atoms with E-state index in [4.69, 9.17) is 0 Å². The molecule has 16 aromatic carbocycles. The number of hydrogen-bond donors (Lipinski definition) is 0. The Kier molecular flexibility index (Phi) is 12.0. The zero-order valence-electron chi connectivity index (χ0n) is 46.2. The molecule has 0 bridgehead atoms. The monoisotopic (exact) mass is 1060 g/mol. The van der Waals surface area contributed by atoms with Gasteiger partial charge in [0, 0.05) is 0 Å². The van der Waals surface area contributed by atoms with Gasteiger partial charge in [-0.25, -0.2) is 0 Å². The summed E-state index contributed by atoms with van der Waals surface area (Å²) < 4.78 is 0. The minimum absolute atomic E-state index is 1.15. The molecular formula is C84H54. The predicted octanol–water partition coefficient (Wildman–Crippen LogP) is 23.6. The number of benzene rings is 16. The Hall–Kier alpha value is -10.9. The van der Waals surface area contributed by atoms with Gasteiger partial charge in [0.05, 0.1) is 0 Å². The average Bonchev–Trinajstić information content (AvgIpc) is 1.07. The molecule has 390 valence electrons. The summed E-state index contributed by atoms with van der Waals surface area (Å²) in [6.07, 6.45) is 0. The zero-order valence-corrected chi connectivity index (χ0v) is 46.2. The van der Waals surface area contributed by atoms with Crippen LogP contribution >= 0.6 is 0 Å². The topological polar surface area (TPSA) is 0 Å². The highest BCUT2D eigenvalue weighted by Crippen LogP contribution is 2.50. The van der Waals surface area contributed by atoms with Crippen molar-refractivity contribution in [3.8, 4) is 100 Å². The Bertz CT molecular complexity index is 4650. The van der Waals surface area contributed by atoms with E-state index in [9.17, 15) is 0 Å². The molecule has 0 aliphatic heterocycles. The van der Waals surface area contributed by atoms with E-state index < -0.39 is 0 Å². The van der Waals surface area contributed by atoms with Gasteiger partial charge in [-0.3, -0.25) is 0 Å². The molecule has 0 atom stereocenters. The van der Waals surface area contributed by atoms with E-state index in [0.29, 0.717) is 0 Å². The Morgan fingerprint density at radius 2 is 0.262 bits per heavy atom. The minimum Gasteiger partial charge on any atom is -0.0622 e. The van der Waals surface area contributed by atoms with Gasteiger partial charge in [-0.15, -0.1) is 0 Å². The summed E-state index contributed by atoms with van der Waals surface area (Å²) in [5, 5.41) is 14.8. The second-order valence-corrected chi connectivity index (χ2v) is 22.2. The number of rotatable bonds is 9. The Morgan fingerprint density at radius 3 is 0.464 bits per heavy atom. The van der Waals surface area contributed by atoms with Gasteiger partial charge >= 0.3 is 0 Å². The molecule has 0 aromatic heterocycles. The van der Waals surface area contributed by atoms with E-state index in [1.807, 2.05) is 0 Å². The lowest BCUT2D eigenvalue weighted by molar-refractivity contribution is 1.59. The van der Waals surface area contributed by atoms with E-state index in [1.165, 1.54) is 131 Å². The van der Waals surface area contributed by atoms with E-state index in [0.717, 1.165) is 33.4 Å². The van der Waals surface area contributed by atoms with E-state index in [-0.39, 0.29) is 0 Å². The Labute approximate surface area is 489 Å². The third-order valence-electron chi connectivity index (χ3n) is 17.4. The molecule has 0 radical (unpaired) electrons. The van der Waals surface area contributed by atoms with Gasteiger partial charge in [0.1, 0.15) is 0 Å². The van der Waals surface area contributed by atoms with Crippen LogP contribution in [0.2, 0.25) is 0 Å². The van der Waals surface area contributed by atoms with Crippen molar-refractivity contribution in [3.05, 3.63) is 328 Å². The normalized spacial score (nSPS) is 11.6. The Balaban J connectivity index is 0.997. The highest BCUT2D eigenvalue weighted by Gasteiger charge is 2.22. The molecule has 0 aliphatic carbocycles. The molecule has 0 N–H and O–H groups in total. The van der Waals surface area contributed by atoms with Crippen LogP contribution in [0.25, 0.3) is 165 Å². The van der Waals surface area contributed by atoms with Crippen LogP contribution in [-0.4, -0.2) is 0 Å². The van der Waals surface area contributed by atoms with Crippen molar-refractivity contribution >= 4 is 64.6 Å². The summed E-state index contributed by atoms with van der Waals surface area (Å²) >= 11 is 0. The lowest BCUT2D eigenvalue weighted by atomic mass is 9.83. The van der Waals surface area contributed by atoms with Crippen LogP contribution in [0.15, 0.2) is 328 Å². The number of fused-ring (bicyclic) bond motifs is 6. The summed E-state index contributed by atoms with van der Waals surface area (Å²) in [6, 6.07) is 122. The standard InChI is InChI=1S/C84H54/c1-7-25-55(26-8-1)79-67-37-19-22-40-70(67)82(58-31-13-4-14-32-58)76-52-61(43-46-73(76)79)64-49-65(62-44-47-74-77(53-62)83(59-33-15-5-16-34-59)71-41-23-20-38-68(71)80(74)56-27-9-2-10-28-56)51-66(50-64)63-45-48-75-78(54-63)84(60-35-17-6-18-36-60)72-42-24-21-39-69(72)81(75)57-29-11-3-12-30-57/h1-54H. The minimum atomic E-state index is 1.15. The molecule has 0 nitrogen and oxygen atoms in total. The predicted molar refractivity (Wildman–Crippen MR) is 360 cm³/mol. The van der Waals surface area contributed by atoms with Gasteiger partial charge in [-0.05, 0) is 201 Å². The first-order chi connectivity index (χ1) is 41.7. The van der Waals surface area contributed by atoms with Crippen molar-refractivity contribution < 1.29 is 0 Å². The maximum Gasteiger partial charge on any atom is -0.00262 e. The van der Waals surface area contributed by atoms with Crippen LogP contribution < -0.4 is 0 Å². The third kappa shape index (κ3) is 8.30. The average molecular weight is 1060 g/mol. The maximum atomic E-state index is 2.47. The molecule has 84 heavy (non-hydrogen) atoms. The fraction of sp³-hybridized carbons (Fsp3) is 0. The molecule has 0 saturated carbocycles. The van der Waals surface area contributed by atoms with Crippen molar-refractivity contribution in [2.45, 2.75) is 0 Å². The molecule has 0 saturated heterocycles. The zero-order chi connectivity index (χ0) is 55.5. The molecule has 0 fully saturated rings. The van der Waals surface area contributed by atoms with Crippen molar-refractivity contribution in [1.29, 1.82) is 0 Å². The molecule has 16 rings (SSSR count). The van der Waals surface area contributed by atoms with Gasteiger partial charge in [0.2, 0.25) is 0 Å². The molecule has 16 aromatic rings. The molecule has 0 heteroatoms.